The van der Waals surface area contributed by atoms with Crippen molar-refractivity contribution in [2.45, 2.75) is 149 Å². The van der Waals surface area contributed by atoms with Gasteiger partial charge in [-0.2, -0.15) is 0 Å². The molecule has 0 aromatic heterocycles. The van der Waals surface area contributed by atoms with Crippen molar-refractivity contribution in [1.82, 2.24) is 30.7 Å². The lowest BCUT2D eigenvalue weighted by atomic mass is 9.89. The average molecular weight is 849 g/mol. The fourth-order valence-electron chi connectivity index (χ4n) is 9.20. The van der Waals surface area contributed by atoms with Gasteiger partial charge in [0.05, 0.1) is 54.8 Å². The molecule has 0 radical (unpaired) electrons. The number of methoxy groups -OCH3 is 2. The van der Waals surface area contributed by atoms with Crippen molar-refractivity contribution in [2.75, 3.05) is 41.9 Å². The molecular formula is C49H80N6O6. The Morgan fingerprint density at radius 2 is 1.34 bits per heavy atom. The van der Waals surface area contributed by atoms with Crippen LogP contribution in [0.1, 0.15) is 118 Å². The number of carbonyl (C=O) groups excluding carboxylic acids is 4. The Bertz CT molecular complexity index is 1660. The van der Waals surface area contributed by atoms with Crippen LogP contribution in [-0.2, 0) is 28.7 Å². The van der Waals surface area contributed by atoms with Crippen LogP contribution in [0.25, 0.3) is 0 Å². The predicted molar refractivity (Wildman–Crippen MR) is 245 cm³/mol. The number of amides is 4. The minimum absolute atomic E-state index is 0.0183. The molecule has 3 N–H and O–H groups in total. The molecule has 1 aliphatic heterocycles. The highest BCUT2D eigenvalue weighted by Gasteiger charge is 2.44. The van der Waals surface area contributed by atoms with Gasteiger partial charge < -0.3 is 35.2 Å². The fraction of sp³-hybridized carbons (Fsp3) is 0.673. The van der Waals surface area contributed by atoms with Crippen molar-refractivity contribution in [3.8, 4) is 0 Å². The summed E-state index contributed by atoms with van der Waals surface area (Å²) in [6, 6.07) is 17.6. The number of ether oxygens (including phenoxy) is 2. The highest BCUT2D eigenvalue weighted by atomic mass is 16.5. The predicted octanol–water partition coefficient (Wildman–Crippen LogP) is 6.62. The normalized spacial score (nSPS) is 19.1. The first-order valence-electron chi connectivity index (χ1n) is 22.4. The number of nitrogens with one attached hydrogen (secondary N) is 3. The first-order valence-corrected chi connectivity index (χ1v) is 22.4. The van der Waals surface area contributed by atoms with Gasteiger partial charge in [-0.25, -0.2) is 0 Å². The fourth-order valence-corrected chi connectivity index (χ4v) is 9.20. The summed E-state index contributed by atoms with van der Waals surface area (Å²) in [6.45, 7) is 20.7. The number of nitrogens with zero attached hydrogens (tertiary/aromatic N) is 3. The third-order valence-corrected chi connectivity index (χ3v) is 12.5. The quantitative estimate of drug-likeness (QED) is 0.121. The first kappa shape index (κ1) is 51.5. The molecule has 0 spiro atoms. The van der Waals surface area contributed by atoms with Crippen molar-refractivity contribution in [3.05, 3.63) is 71.8 Å². The summed E-state index contributed by atoms with van der Waals surface area (Å²) in [5.74, 6) is -1.43. The van der Waals surface area contributed by atoms with Crippen LogP contribution in [0.2, 0.25) is 0 Å². The molecule has 342 valence electrons. The highest BCUT2D eigenvalue weighted by molar-refractivity contribution is 5.90. The standard InChI is InChI=1S/C49H80N6O6/c1-16-33(6)44(54(13)48(59)40(31(2)3)50-47(58)43(32(4)5)53(11)12)38(60-14)30-39(56)55-29-23-28-37(55)45(61-15)34(7)46(57)51-41(35-24-19-17-20-25-35)42(52-49(8,9)10)36-26-21-18-22-27-36/h17-22,24-27,31-34,37-38,40-45,52H,16,23,28-30H2,1-15H3,(H,50,58)(H,51,57)/t33-,34+,37-,38+,40?,41-,42+,43?,44-,45+/m1/s1. The third kappa shape index (κ3) is 13.8. The van der Waals surface area contributed by atoms with E-state index >= 15 is 0 Å². The van der Waals surface area contributed by atoms with Gasteiger partial charge in [-0.15, -0.1) is 0 Å². The Labute approximate surface area is 368 Å². The van der Waals surface area contributed by atoms with Gasteiger partial charge in [0.15, 0.2) is 0 Å². The summed E-state index contributed by atoms with van der Waals surface area (Å²) >= 11 is 0. The Balaban J connectivity index is 1.88. The van der Waals surface area contributed by atoms with Crippen LogP contribution >= 0.6 is 0 Å². The summed E-state index contributed by atoms with van der Waals surface area (Å²) in [4.78, 5) is 62.3. The molecule has 1 saturated heterocycles. The van der Waals surface area contributed by atoms with Gasteiger partial charge in [0.2, 0.25) is 23.6 Å². The molecule has 61 heavy (non-hydrogen) atoms. The second-order valence-corrected chi connectivity index (χ2v) is 19.2. The summed E-state index contributed by atoms with van der Waals surface area (Å²) in [7, 11) is 8.69. The Morgan fingerprint density at radius 1 is 0.787 bits per heavy atom. The van der Waals surface area contributed by atoms with E-state index in [1.54, 1.807) is 26.2 Å². The molecule has 3 rings (SSSR count). The number of likely N-dealkylation sites (tertiary alicyclic amines) is 1. The smallest absolute Gasteiger partial charge is 0.245 e. The van der Waals surface area contributed by atoms with Gasteiger partial charge in [0.25, 0.3) is 0 Å². The van der Waals surface area contributed by atoms with E-state index in [0.717, 1.165) is 24.0 Å². The van der Waals surface area contributed by atoms with E-state index in [4.69, 9.17) is 9.47 Å². The van der Waals surface area contributed by atoms with Gasteiger partial charge in [-0.1, -0.05) is 116 Å². The zero-order valence-corrected chi connectivity index (χ0v) is 40.0. The lowest BCUT2D eigenvalue weighted by Gasteiger charge is -2.41. The maximum absolute atomic E-state index is 14.5. The van der Waals surface area contributed by atoms with Gasteiger partial charge in [0, 0.05) is 33.4 Å². The minimum atomic E-state index is -0.759. The molecule has 12 nitrogen and oxygen atoms in total. The van der Waals surface area contributed by atoms with Crippen molar-refractivity contribution >= 4 is 23.6 Å². The number of carbonyl (C=O) groups is 4. The van der Waals surface area contributed by atoms with E-state index in [2.05, 4.69) is 62.7 Å². The van der Waals surface area contributed by atoms with Crippen LogP contribution in [-0.4, -0.2) is 122 Å². The van der Waals surface area contributed by atoms with Crippen LogP contribution in [0.15, 0.2) is 60.7 Å². The molecule has 0 aliphatic carbocycles. The molecule has 1 heterocycles. The number of likely N-dealkylation sites (N-methyl/N-ethyl adjacent to an activating group) is 2. The average Bonchev–Trinajstić information content (AvgIpc) is 3.70. The van der Waals surface area contributed by atoms with Crippen molar-refractivity contribution in [1.29, 1.82) is 0 Å². The van der Waals surface area contributed by atoms with Crippen LogP contribution < -0.4 is 16.0 Å². The number of benzene rings is 2. The summed E-state index contributed by atoms with van der Waals surface area (Å²) in [5, 5.41) is 10.2. The van der Waals surface area contributed by atoms with Crippen molar-refractivity contribution in [2.24, 2.45) is 23.7 Å². The summed E-state index contributed by atoms with van der Waals surface area (Å²) < 4.78 is 12.3. The second kappa shape index (κ2) is 23.6. The Kier molecular flexibility index (Phi) is 19.9. The topological polar surface area (TPSA) is 133 Å². The monoisotopic (exact) mass is 849 g/mol. The maximum Gasteiger partial charge on any atom is 0.245 e. The van der Waals surface area contributed by atoms with Crippen LogP contribution in [0.5, 0.6) is 0 Å². The molecule has 0 saturated carbocycles. The van der Waals surface area contributed by atoms with Gasteiger partial charge in [0.1, 0.15) is 6.04 Å². The highest BCUT2D eigenvalue weighted by Crippen LogP contribution is 2.34. The number of rotatable bonds is 22. The molecule has 2 aromatic carbocycles. The van der Waals surface area contributed by atoms with Crippen LogP contribution in [0.4, 0.5) is 0 Å². The van der Waals surface area contributed by atoms with E-state index < -0.39 is 42.3 Å². The SMILES string of the molecule is CC[C@@H](C)[C@H]([C@H](CC(=O)N1CCC[C@@H]1[C@@H](OC)[C@H](C)C(=O)N[C@H](c1ccccc1)[C@@H](NC(C)(C)C)c1ccccc1)OC)N(C)C(=O)C(NC(=O)C(C(C)C)N(C)C)C(C)C. The van der Waals surface area contributed by atoms with E-state index in [0.29, 0.717) is 13.0 Å². The zero-order chi connectivity index (χ0) is 45.8. The van der Waals surface area contributed by atoms with Crippen LogP contribution in [0, 0.1) is 23.7 Å². The van der Waals surface area contributed by atoms with E-state index in [1.807, 2.05) is 107 Å². The van der Waals surface area contributed by atoms with Crippen LogP contribution in [0.3, 0.4) is 0 Å². The molecule has 2 aromatic rings. The summed E-state index contributed by atoms with van der Waals surface area (Å²) in [5.41, 5.74) is 1.77. The molecule has 1 aliphatic rings. The van der Waals surface area contributed by atoms with Gasteiger partial charge >= 0.3 is 0 Å². The molecular weight excluding hydrogens is 769 g/mol. The lowest BCUT2D eigenvalue weighted by molar-refractivity contribution is -0.148. The van der Waals surface area contributed by atoms with Gasteiger partial charge in [-0.3, -0.25) is 24.1 Å². The molecule has 2 unspecified atom stereocenters. The van der Waals surface area contributed by atoms with Crippen molar-refractivity contribution < 1.29 is 28.7 Å². The van der Waals surface area contributed by atoms with E-state index in [-0.39, 0.29) is 65.4 Å². The molecule has 12 heteroatoms. The second-order valence-electron chi connectivity index (χ2n) is 19.2. The number of hydrogen-bond acceptors (Lipinski definition) is 8. The molecule has 0 bridgehead atoms. The van der Waals surface area contributed by atoms with Crippen molar-refractivity contribution in [3.63, 3.8) is 0 Å². The zero-order valence-electron chi connectivity index (χ0n) is 40.0. The third-order valence-electron chi connectivity index (χ3n) is 12.5. The van der Waals surface area contributed by atoms with E-state index in [9.17, 15) is 19.2 Å². The van der Waals surface area contributed by atoms with E-state index in [1.165, 1.54) is 0 Å². The Hall–Kier alpha value is -3.84. The maximum atomic E-state index is 14.5. The molecule has 1 fully saturated rings. The first-order chi connectivity index (χ1) is 28.7. The van der Waals surface area contributed by atoms with Gasteiger partial charge in [-0.05, 0) is 76.6 Å². The number of hydrogen-bond donors (Lipinski definition) is 3. The largest absolute Gasteiger partial charge is 0.379 e. The summed E-state index contributed by atoms with van der Waals surface area (Å²) in [6.07, 6.45) is 1.05. The Morgan fingerprint density at radius 3 is 1.80 bits per heavy atom. The lowest BCUT2D eigenvalue weighted by Crippen LogP contribution is -2.59. The minimum Gasteiger partial charge on any atom is -0.379 e. The molecule has 4 amide bonds. The molecule has 10 atom stereocenters.